The molecule has 3 heteroatoms. The van der Waals surface area contributed by atoms with E-state index in [1.54, 1.807) is 0 Å². The van der Waals surface area contributed by atoms with Gasteiger partial charge in [0, 0.05) is 0 Å². The molecular formula is C14H15Cl3. The van der Waals surface area contributed by atoms with E-state index in [0.29, 0.717) is 10.0 Å². The van der Waals surface area contributed by atoms with E-state index in [4.69, 9.17) is 34.8 Å². The Kier molecular flexibility index (Phi) is 4.78. The summed E-state index contributed by atoms with van der Waals surface area (Å²) in [5, 5.41) is 1.47. The van der Waals surface area contributed by atoms with Crippen molar-refractivity contribution in [3.63, 3.8) is 0 Å². The summed E-state index contributed by atoms with van der Waals surface area (Å²) >= 11 is 18.4. The van der Waals surface area contributed by atoms with Crippen LogP contribution in [0.3, 0.4) is 0 Å². The van der Waals surface area contributed by atoms with Crippen molar-refractivity contribution >= 4 is 34.8 Å². The van der Waals surface area contributed by atoms with E-state index in [2.05, 4.69) is 6.08 Å². The fourth-order valence-electron chi connectivity index (χ4n) is 2.19. The van der Waals surface area contributed by atoms with Crippen molar-refractivity contribution in [1.29, 1.82) is 0 Å². The van der Waals surface area contributed by atoms with Gasteiger partial charge < -0.3 is 0 Å². The second-order valence-electron chi connectivity index (χ2n) is 4.48. The van der Waals surface area contributed by atoms with Gasteiger partial charge in [0.1, 0.15) is 0 Å². The van der Waals surface area contributed by atoms with Crippen LogP contribution in [-0.4, -0.2) is 5.38 Å². The first kappa shape index (κ1) is 13.3. The highest BCUT2D eigenvalue weighted by molar-refractivity contribution is 6.42. The van der Waals surface area contributed by atoms with Gasteiger partial charge in [-0.15, -0.1) is 11.6 Å². The molecule has 2 rings (SSSR count). The molecule has 0 aromatic heterocycles. The Bertz CT molecular complexity index is 423. The van der Waals surface area contributed by atoms with Crippen molar-refractivity contribution in [1.82, 2.24) is 0 Å². The number of halogens is 3. The minimum Gasteiger partial charge on any atom is -0.118 e. The molecule has 0 radical (unpaired) electrons. The molecule has 0 aliphatic heterocycles. The number of allylic oxidation sites excluding steroid dienone is 2. The molecule has 1 aromatic rings. The third kappa shape index (κ3) is 3.64. The second-order valence-corrected chi connectivity index (χ2v) is 5.82. The third-order valence-electron chi connectivity index (χ3n) is 3.09. The van der Waals surface area contributed by atoms with Crippen LogP contribution in [0.15, 0.2) is 29.8 Å². The fraction of sp³-hybridized carbons (Fsp3) is 0.429. The zero-order chi connectivity index (χ0) is 12.3. The molecule has 0 fully saturated rings. The first-order chi connectivity index (χ1) is 8.16. The van der Waals surface area contributed by atoms with Crippen molar-refractivity contribution in [2.45, 2.75) is 37.5 Å². The van der Waals surface area contributed by atoms with E-state index in [-0.39, 0.29) is 5.38 Å². The van der Waals surface area contributed by atoms with Gasteiger partial charge in [-0.2, -0.15) is 0 Å². The van der Waals surface area contributed by atoms with E-state index in [1.807, 2.05) is 18.2 Å². The molecular weight excluding hydrogens is 275 g/mol. The molecule has 0 bridgehead atoms. The van der Waals surface area contributed by atoms with Gasteiger partial charge in [0.05, 0.1) is 15.4 Å². The van der Waals surface area contributed by atoms with Gasteiger partial charge in [-0.1, -0.05) is 53.4 Å². The number of rotatable bonds is 2. The standard InChI is InChI=1S/C14H15Cl3/c15-12-6-2-1-4-10(9-12)8-11-5-3-7-13(16)14(11)17/h3,5,7,9,12H,1-2,4,6,8H2. The van der Waals surface area contributed by atoms with E-state index in [9.17, 15) is 0 Å². The number of benzene rings is 1. The molecule has 0 spiro atoms. The van der Waals surface area contributed by atoms with Crippen LogP contribution in [-0.2, 0) is 6.42 Å². The highest BCUT2D eigenvalue weighted by Gasteiger charge is 2.12. The highest BCUT2D eigenvalue weighted by Crippen LogP contribution is 2.30. The summed E-state index contributed by atoms with van der Waals surface area (Å²) in [5.74, 6) is 0. The smallest absolute Gasteiger partial charge is 0.0627 e. The van der Waals surface area contributed by atoms with Gasteiger partial charge in [-0.25, -0.2) is 0 Å². The van der Waals surface area contributed by atoms with Crippen LogP contribution in [0.4, 0.5) is 0 Å². The summed E-state index contributed by atoms with van der Waals surface area (Å²) in [4.78, 5) is 0. The Labute approximate surface area is 118 Å². The maximum absolute atomic E-state index is 6.22. The number of hydrogen-bond acceptors (Lipinski definition) is 0. The summed E-state index contributed by atoms with van der Waals surface area (Å²) in [5.41, 5.74) is 2.47. The minimum absolute atomic E-state index is 0.172. The quantitative estimate of drug-likeness (QED) is 0.488. The predicted molar refractivity (Wildman–Crippen MR) is 76.4 cm³/mol. The minimum atomic E-state index is 0.172. The maximum Gasteiger partial charge on any atom is 0.0627 e. The molecule has 0 N–H and O–H groups in total. The molecule has 92 valence electrons. The van der Waals surface area contributed by atoms with Crippen LogP contribution in [0.2, 0.25) is 10.0 Å². The molecule has 1 aliphatic carbocycles. The molecule has 0 heterocycles. The van der Waals surface area contributed by atoms with E-state index in [1.165, 1.54) is 18.4 Å². The van der Waals surface area contributed by atoms with Crippen LogP contribution < -0.4 is 0 Å². The molecule has 0 saturated heterocycles. The van der Waals surface area contributed by atoms with E-state index in [0.717, 1.165) is 24.8 Å². The first-order valence-corrected chi connectivity index (χ1v) is 7.12. The Morgan fingerprint density at radius 3 is 2.82 bits per heavy atom. The molecule has 17 heavy (non-hydrogen) atoms. The Morgan fingerprint density at radius 1 is 1.18 bits per heavy atom. The summed E-state index contributed by atoms with van der Waals surface area (Å²) in [7, 11) is 0. The van der Waals surface area contributed by atoms with Gasteiger partial charge in [-0.05, 0) is 37.3 Å². The monoisotopic (exact) mass is 288 g/mol. The Morgan fingerprint density at radius 2 is 2.00 bits per heavy atom. The largest absolute Gasteiger partial charge is 0.118 e. The second kappa shape index (κ2) is 6.13. The SMILES string of the molecule is Clc1cccc(CC2=CC(Cl)CCCC2)c1Cl. The Hall–Kier alpha value is -0.170. The van der Waals surface area contributed by atoms with Crippen LogP contribution in [0.5, 0.6) is 0 Å². The van der Waals surface area contributed by atoms with Gasteiger partial charge in [0.15, 0.2) is 0 Å². The van der Waals surface area contributed by atoms with Crippen molar-refractivity contribution in [3.05, 3.63) is 45.5 Å². The van der Waals surface area contributed by atoms with Gasteiger partial charge in [0.25, 0.3) is 0 Å². The van der Waals surface area contributed by atoms with Crippen LogP contribution in [0.1, 0.15) is 31.2 Å². The van der Waals surface area contributed by atoms with Crippen LogP contribution in [0.25, 0.3) is 0 Å². The molecule has 0 nitrogen and oxygen atoms in total. The van der Waals surface area contributed by atoms with Crippen molar-refractivity contribution in [3.8, 4) is 0 Å². The lowest BCUT2D eigenvalue weighted by Crippen LogP contribution is -1.95. The van der Waals surface area contributed by atoms with Crippen LogP contribution >= 0.6 is 34.8 Å². The summed E-state index contributed by atoms with van der Waals surface area (Å²) < 4.78 is 0. The van der Waals surface area contributed by atoms with Gasteiger partial charge >= 0.3 is 0 Å². The van der Waals surface area contributed by atoms with Crippen molar-refractivity contribution in [2.24, 2.45) is 0 Å². The molecule has 1 aliphatic rings. The topological polar surface area (TPSA) is 0 Å². The van der Waals surface area contributed by atoms with E-state index < -0.39 is 0 Å². The lowest BCUT2D eigenvalue weighted by Gasteiger charge is -2.09. The highest BCUT2D eigenvalue weighted by atomic mass is 35.5. The predicted octanol–water partition coefficient (Wildman–Crippen LogP) is 5.64. The maximum atomic E-state index is 6.22. The normalized spacial score (nSPS) is 20.9. The fourth-order valence-corrected chi connectivity index (χ4v) is 2.91. The third-order valence-corrected chi connectivity index (χ3v) is 4.30. The molecule has 1 aromatic carbocycles. The molecule has 1 atom stereocenters. The van der Waals surface area contributed by atoms with Crippen molar-refractivity contribution < 1.29 is 0 Å². The molecule has 0 saturated carbocycles. The van der Waals surface area contributed by atoms with Crippen LogP contribution in [0, 0.1) is 0 Å². The Balaban J connectivity index is 2.17. The average Bonchev–Trinajstić information content (AvgIpc) is 2.49. The van der Waals surface area contributed by atoms with E-state index >= 15 is 0 Å². The zero-order valence-corrected chi connectivity index (χ0v) is 11.8. The summed E-state index contributed by atoms with van der Waals surface area (Å²) in [6, 6.07) is 5.79. The zero-order valence-electron chi connectivity index (χ0n) is 9.56. The molecule has 0 amide bonds. The van der Waals surface area contributed by atoms with Gasteiger partial charge in [0.2, 0.25) is 0 Å². The lowest BCUT2D eigenvalue weighted by molar-refractivity contribution is 0.710. The summed E-state index contributed by atoms with van der Waals surface area (Å²) in [6.45, 7) is 0. The summed E-state index contributed by atoms with van der Waals surface area (Å²) in [6.07, 6.45) is 7.67. The number of hydrogen-bond donors (Lipinski definition) is 0. The lowest BCUT2D eigenvalue weighted by atomic mass is 10.0. The average molecular weight is 290 g/mol. The van der Waals surface area contributed by atoms with Gasteiger partial charge in [-0.3, -0.25) is 0 Å². The number of alkyl halides is 1. The molecule has 1 unspecified atom stereocenters. The van der Waals surface area contributed by atoms with Crippen molar-refractivity contribution in [2.75, 3.05) is 0 Å². The first-order valence-electron chi connectivity index (χ1n) is 5.93.